The molecule has 1 aromatic carbocycles. The van der Waals surface area contributed by atoms with Gasteiger partial charge in [-0.3, -0.25) is 15.1 Å². The zero-order chi connectivity index (χ0) is 15.5. The van der Waals surface area contributed by atoms with Crippen molar-refractivity contribution >= 4 is 5.69 Å². The highest BCUT2D eigenvalue weighted by Gasteiger charge is 2.17. The van der Waals surface area contributed by atoms with Gasteiger partial charge in [0.05, 0.1) is 10.6 Å². The van der Waals surface area contributed by atoms with Crippen molar-refractivity contribution in [3.8, 4) is 23.0 Å². The van der Waals surface area contributed by atoms with Crippen LogP contribution in [0.4, 0.5) is 5.69 Å². The van der Waals surface area contributed by atoms with Crippen LogP contribution in [-0.2, 0) is 0 Å². The molecule has 106 valence electrons. The Labute approximate surface area is 124 Å². The molecule has 0 spiro atoms. The van der Waals surface area contributed by atoms with Crippen molar-refractivity contribution in [2.45, 2.75) is 0 Å². The smallest absolute Gasteiger partial charge is 0.265 e. The second kappa shape index (κ2) is 5.41. The molecule has 0 unspecified atom stereocenters. The number of pyridine rings is 1. The summed E-state index contributed by atoms with van der Waals surface area (Å²) >= 11 is 0. The highest BCUT2D eigenvalue weighted by molar-refractivity contribution is 5.66. The highest BCUT2D eigenvalue weighted by atomic mass is 16.6. The van der Waals surface area contributed by atoms with Crippen LogP contribution in [0.3, 0.4) is 0 Å². The van der Waals surface area contributed by atoms with Gasteiger partial charge in [-0.25, -0.2) is 4.68 Å². The summed E-state index contributed by atoms with van der Waals surface area (Å²) in [6, 6.07) is 11.4. The molecule has 0 atom stereocenters. The molecule has 0 fully saturated rings. The normalized spacial score (nSPS) is 10.1. The zero-order valence-corrected chi connectivity index (χ0v) is 11.1. The van der Waals surface area contributed by atoms with Gasteiger partial charge >= 0.3 is 0 Å². The van der Waals surface area contributed by atoms with Crippen molar-refractivity contribution in [2.24, 2.45) is 0 Å². The number of hydrogen-bond acceptors (Lipinski definition) is 6. The quantitative estimate of drug-likeness (QED) is 0.540. The first-order valence-corrected chi connectivity index (χ1v) is 6.21. The van der Waals surface area contributed by atoms with Crippen molar-refractivity contribution in [3.63, 3.8) is 0 Å². The van der Waals surface area contributed by atoms with E-state index in [1.807, 2.05) is 6.07 Å². The van der Waals surface area contributed by atoms with Gasteiger partial charge in [0, 0.05) is 30.1 Å². The van der Waals surface area contributed by atoms with Crippen molar-refractivity contribution in [2.75, 3.05) is 0 Å². The van der Waals surface area contributed by atoms with Gasteiger partial charge in [0.25, 0.3) is 5.69 Å². The summed E-state index contributed by atoms with van der Waals surface area (Å²) in [4.78, 5) is 14.3. The summed E-state index contributed by atoms with van der Waals surface area (Å²) in [6.07, 6.45) is 3.17. The zero-order valence-electron chi connectivity index (χ0n) is 11.1. The van der Waals surface area contributed by atoms with Gasteiger partial charge in [-0.2, -0.15) is 5.26 Å². The number of hydrogen-bond donors (Lipinski definition) is 0. The Balaban J connectivity index is 2.21. The predicted octanol–water partition coefficient (Wildman–Crippen LogP) is 2.11. The molecule has 0 aliphatic carbocycles. The highest BCUT2D eigenvalue weighted by Crippen LogP contribution is 2.25. The summed E-state index contributed by atoms with van der Waals surface area (Å²) in [6.45, 7) is 0. The van der Waals surface area contributed by atoms with Gasteiger partial charge < -0.3 is 0 Å². The van der Waals surface area contributed by atoms with Crippen molar-refractivity contribution in [1.82, 2.24) is 20.0 Å². The van der Waals surface area contributed by atoms with Gasteiger partial charge in [0.1, 0.15) is 11.8 Å². The molecular weight excluding hydrogens is 284 g/mol. The maximum atomic E-state index is 10.9. The number of nitro groups is 1. The predicted molar refractivity (Wildman–Crippen MR) is 76.0 cm³/mol. The summed E-state index contributed by atoms with van der Waals surface area (Å²) in [5, 5.41) is 27.9. The summed E-state index contributed by atoms with van der Waals surface area (Å²) in [5.74, 6) is 0. The summed E-state index contributed by atoms with van der Waals surface area (Å²) in [5.41, 5.74) is 1.69. The van der Waals surface area contributed by atoms with Crippen LogP contribution in [0.15, 0.2) is 48.8 Å². The molecule has 8 nitrogen and oxygen atoms in total. The topological polar surface area (TPSA) is 111 Å². The second-order valence-corrected chi connectivity index (χ2v) is 4.32. The fraction of sp³-hybridized carbons (Fsp3) is 0. The van der Waals surface area contributed by atoms with Gasteiger partial charge in [0.2, 0.25) is 0 Å². The van der Waals surface area contributed by atoms with Crippen LogP contribution in [0.5, 0.6) is 0 Å². The van der Waals surface area contributed by atoms with E-state index in [2.05, 4.69) is 15.3 Å². The summed E-state index contributed by atoms with van der Waals surface area (Å²) < 4.78 is 1.40. The van der Waals surface area contributed by atoms with E-state index >= 15 is 0 Å². The number of nitro benzene ring substituents is 1. The first-order valence-electron chi connectivity index (χ1n) is 6.21. The average molecular weight is 292 g/mol. The minimum atomic E-state index is -0.488. The number of benzene rings is 1. The monoisotopic (exact) mass is 292 g/mol. The largest absolute Gasteiger partial charge is 0.271 e. The number of rotatable bonds is 3. The SMILES string of the molecule is N#Cc1nnn(-c2cccc([N+](=O)[O-])c2)c1-c1ccncc1. The van der Waals surface area contributed by atoms with E-state index in [1.54, 1.807) is 36.7 Å². The maximum Gasteiger partial charge on any atom is 0.271 e. The Hall–Kier alpha value is -3.60. The van der Waals surface area contributed by atoms with E-state index in [1.165, 1.54) is 16.8 Å². The lowest BCUT2D eigenvalue weighted by atomic mass is 10.1. The molecule has 3 aromatic rings. The molecular formula is C14H8N6O2. The van der Waals surface area contributed by atoms with E-state index in [0.29, 0.717) is 16.9 Å². The standard InChI is InChI=1S/C14H8N6O2/c15-9-13-14(10-4-6-16-7-5-10)19(18-17-13)11-2-1-3-12(8-11)20(21)22/h1-8H. The molecule has 2 heterocycles. The van der Waals surface area contributed by atoms with Crippen LogP contribution in [0.25, 0.3) is 16.9 Å². The van der Waals surface area contributed by atoms with Crippen molar-refractivity contribution in [1.29, 1.82) is 5.26 Å². The van der Waals surface area contributed by atoms with E-state index in [9.17, 15) is 15.4 Å². The van der Waals surface area contributed by atoms with E-state index in [4.69, 9.17) is 0 Å². The molecule has 0 bridgehead atoms. The first kappa shape index (κ1) is 13.4. The molecule has 22 heavy (non-hydrogen) atoms. The number of aromatic nitrogens is 4. The minimum Gasteiger partial charge on any atom is -0.265 e. The third kappa shape index (κ3) is 2.27. The molecule has 0 radical (unpaired) electrons. The first-order chi connectivity index (χ1) is 10.7. The number of non-ortho nitro benzene ring substituents is 1. The van der Waals surface area contributed by atoms with Gasteiger partial charge in [0.15, 0.2) is 5.69 Å². The minimum absolute atomic E-state index is 0.0628. The fourth-order valence-electron chi connectivity index (χ4n) is 2.05. The van der Waals surface area contributed by atoms with Crippen molar-refractivity contribution < 1.29 is 4.92 Å². The molecule has 8 heteroatoms. The van der Waals surface area contributed by atoms with Crippen LogP contribution in [0.2, 0.25) is 0 Å². The van der Waals surface area contributed by atoms with Crippen LogP contribution in [-0.4, -0.2) is 24.9 Å². The number of nitrogens with zero attached hydrogens (tertiary/aromatic N) is 6. The molecule has 2 aromatic heterocycles. The lowest BCUT2D eigenvalue weighted by molar-refractivity contribution is -0.384. The molecule has 0 aliphatic heterocycles. The van der Waals surface area contributed by atoms with Crippen LogP contribution >= 0.6 is 0 Å². The van der Waals surface area contributed by atoms with Gasteiger partial charge in [-0.1, -0.05) is 11.3 Å². The molecule has 0 saturated heterocycles. The van der Waals surface area contributed by atoms with E-state index in [0.717, 1.165) is 0 Å². The maximum absolute atomic E-state index is 10.9. The Morgan fingerprint density at radius 1 is 1.23 bits per heavy atom. The molecule has 0 N–H and O–H groups in total. The third-order valence-corrected chi connectivity index (χ3v) is 3.02. The third-order valence-electron chi connectivity index (χ3n) is 3.02. The van der Waals surface area contributed by atoms with Crippen LogP contribution in [0, 0.1) is 21.4 Å². The lowest BCUT2D eigenvalue weighted by Gasteiger charge is -2.06. The lowest BCUT2D eigenvalue weighted by Crippen LogP contribution is -2.01. The van der Waals surface area contributed by atoms with Crippen molar-refractivity contribution in [3.05, 3.63) is 64.6 Å². The van der Waals surface area contributed by atoms with E-state index < -0.39 is 4.92 Å². The Morgan fingerprint density at radius 2 is 2.00 bits per heavy atom. The number of nitriles is 1. The molecule has 0 saturated carbocycles. The van der Waals surface area contributed by atoms with Crippen LogP contribution in [0.1, 0.15) is 5.69 Å². The van der Waals surface area contributed by atoms with Crippen LogP contribution < -0.4 is 0 Å². The second-order valence-electron chi connectivity index (χ2n) is 4.32. The summed E-state index contributed by atoms with van der Waals surface area (Å²) in [7, 11) is 0. The molecule has 0 aliphatic rings. The fourth-order valence-corrected chi connectivity index (χ4v) is 2.05. The molecule has 3 rings (SSSR count). The van der Waals surface area contributed by atoms with E-state index in [-0.39, 0.29) is 11.4 Å². The molecule has 0 amide bonds. The Kier molecular flexibility index (Phi) is 3.29. The van der Waals surface area contributed by atoms with Gasteiger partial charge in [-0.15, -0.1) is 5.10 Å². The average Bonchev–Trinajstić information content (AvgIpc) is 2.99. The Morgan fingerprint density at radius 3 is 2.68 bits per heavy atom. The Bertz CT molecular complexity index is 882. The van der Waals surface area contributed by atoms with Gasteiger partial charge in [-0.05, 0) is 18.2 Å².